The highest BCUT2D eigenvalue weighted by molar-refractivity contribution is 7.82. The van der Waals surface area contributed by atoms with Crippen LogP contribution in [0.15, 0.2) is 59.5 Å². The number of anilines is 1. The van der Waals surface area contributed by atoms with E-state index in [4.69, 9.17) is 0 Å². The van der Waals surface area contributed by atoms with Crippen LogP contribution in [0.25, 0.3) is 0 Å². The van der Waals surface area contributed by atoms with E-state index in [9.17, 15) is 9.00 Å². The lowest BCUT2D eigenvalue weighted by Crippen LogP contribution is -2.49. The van der Waals surface area contributed by atoms with Crippen molar-refractivity contribution in [2.45, 2.75) is 17.7 Å². The molecule has 4 rings (SSSR count). The van der Waals surface area contributed by atoms with Crippen molar-refractivity contribution in [3.8, 4) is 0 Å². The fraction of sp³-hybridized carbons (Fsp3) is 0.458. The number of likely N-dealkylation sites (N-methyl/N-ethyl adjacent to an activating group) is 1. The van der Waals surface area contributed by atoms with Crippen LogP contribution in [0.5, 0.6) is 0 Å². The largest absolute Gasteiger partial charge is 0.369 e. The summed E-state index contributed by atoms with van der Waals surface area (Å²) in [6.45, 7) is 6.76. The molecular formula is C24H32N4O2S. The zero-order valence-electron chi connectivity index (χ0n) is 18.3. The van der Waals surface area contributed by atoms with Crippen LogP contribution in [0.1, 0.15) is 12.0 Å². The van der Waals surface area contributed by atoms with Gasteiger partial charge in [0.2, 0.25) is 5.91 Å². The van der Waals surface area contributed by atoms with Gasteiger partial charge in [-0.25, -0.2) is 8.51 Å². The standard InChI is InChI=1S/C24H32N4O2S/c1-25-13-15-26(16-14-25)22-8-10-23(11-9-22)31(30)28-19-17-27(18-20-28)24(29)12-7-21-5-3-2-4-6-21/h2-6,8-11H,7,12-20H2,1H3. The van der Waals surface area contributed by atoms with Gasteiger partial charge in [-0.3, -0.25) is 4.79 Å². The molecule has 2 heterocycles. The normalized spacial score (nSPS) is 19.4. The molecule has 1 amide bonds. The van der Waals surface area contributed by atoms with Crippen LogP contribution in [0.4, 0.5) is 5.69 Å². The zero-order valence-corrected chi connectivity index (χ0v) is 19.1. The molecular weight excluding hydrogens is 408 g/mol. The Bertz CT molecular complexity index is 874. The lowest BCUT2D eigenvalue weighted by Gasteiger charge is -2.35. The molecule has 2 fully saturated rings. The van der Waals surface area contributed by atoms with E-state index in [1.165, 1.54) is 11.3 Å². The van der Waals surface area contributed by atoms with Gasteiger partial charge >= 0.3 is 0 Å². The summed E-state index contributed by atoms with van der Waals surface area (Å²) in [5, 5.41) is 0. The molecule has 1 atom stereocenters. The molecule has 0 aromatic heterocycles. The van der Waals surface area contributed by atoms with Crippen molar-refractivity contribution >= 4 is 22.6 Å². The Labute approximate surface area is 188 Å². The van der Waals surface area contributed by atoms with Gasteiger partial charge in [0.1, 0.15) is 11.0 Å². The number of nitrogens with zero attached hydrogens (tertiary/aromatic N) is 4. The van der Waals surface area contributed by atoms with Gasteiger partial charge in [0.25, 0.3) is 0 Å². The van der Waals surface area contributed by atoms with Crippen LogP contribution in [-0.4, -0.2) is 83.6 Å². The maximum Gasteiger partial charge on any atom is 0.222 e. The number of hydrogen-bond acceptors (Lipinski definition) is 4. The van der Waals surface area contributed by atoms with Crippen molar-refractivity contribution in [1.82, 2.24) is 14.1 Å². The van der Waals surface area contributed by atoms with Crippen molar-refractivity contribution in [1.29, 1.82) is 0 Å². The second-order valence-electron chi connectivity index (χ2n) is 8.33. The fourth-order valence-corrected chi connectivity index (χ4v) is 5.31. The number of aryl methyl sites for hydroxylation is 1. The highest BCUT2D eigenvalue weighted by Gasteiger charge is 2.25. The number of amides is 1. The number of hydrogen-bond donors (Lipinski definition) is 0. The zero-order chi connectivity index (χ0) is 21.6. The third kappa shape index (κ3) is 5.73. The molecule has 0 N–H and O–H groups in total. The average Bonchev–Trinajstić information content (AvgIpc) is 2.83. The van der Waals surface area contributed by atoms with Gasteiger partial charge in [-0.05, 0) is 43.3 Å². The molecule has 6 nitrogen and oxygen atoms in total. The molecule has 0 bridgehead atoms. The Morgan fingerprint density at radius 1 is 0.839 bits per heavy atom. The molecule has 2 aliphatic rings. The first-order valence-corrected chi connectivity index (χ1v) is 12.2. The quantitative estimate of drug-likeness (QED) is 0.691. The van der Waals surface area contributed by atoms with Crippen molar-refractivity contribution < 1.29 is 9.00 Å². The summed E-state index contributed by atoms with van der Waals surface area (Å²) >= 11 is 0. The molecule has 2 aromatic carbocycles. The van der Waals surface area contributed by atoms with E-state index in [1.54, 1.807) is 0 Å². The van der Waals surface area contributed by atoms with Gasteiger partial charge < -0.3 is 14.7 Å². The van der Waals surface area contributed by atoms with Crippen molar-refractivity contribution in [3.05, 3.63) is 60.2 Å². The predicted octanol–water partition coefficient (Wildman–Crippen LogP) is 2.24. The molecule has 166 valence electrons. The van der Waals surface area contributed by atoms with Crippen molar-refractivity contribution in [2.75, 3.05) is 64.3 Å². The monoisotopic (exact) mass is 440 g/mol. The SMILES string of the molecule is CN1CCN(c2ccc(S(=O)N3CCN(C(=O)CCc4ccccc4)CC3)cc2)CC1. The van der Waals surface area contributed by atoms with Crippen LogP contribution in [0.2, 0.25) is 0 Å². The lowest BCUT2D eigenvalue weighted by molar-refractivity contribution is -0.132. The minimum atomic E-state index is -1.18. The summed E-state index contributed by atoms with van der Waals surface area (Å²) in [5.41, 5.74) is 2.39. The maximum absolute atomic E-state index is 13.0. The van der Waals surface area contributed by atoms with E-state index < -0.39 is 11.0 Å². The Morgan fingerprint density at radius 3 is 2.13 bits per heavy atom. The van der Waals surface area contributed by atoms with Gasteiger partial charge in [-0.1, -0.05) is 30.3 Å². The van der Waals surface area contributed by atoms with Crippen LogP contribution in [-0.2, 0) is 22.2 Å². The third-order valence-corrected chi connectivity index (χ3v) is 7.71. The van der Waals surface area contributed by atoms with Gasteiger partial charge in [-0.2, -0.15) is 0 Å². The van der Waals surface area contributed by atoms with E-state index in [0.29, 0.717) is 32.6 Å². The number of piperazine rings is 2. The Morgan fingerprint density at radius 2 is 1.48 bits per heavy atom. The number of rotatable bonds is 6. The second-order valence-corrected chi connectivity index (χ2v) is 9.81. The minimum Gasteiger partial charge on any atom is -0.369 e. The first kappa shape index (κ1) is 22.0. The number of benzene rings is 2. The summed E-state index contributed by atoms with van der Waals surface area (Å²) in [6.07, 6.45) is 1.30. The summed E-state index contributed by atoms with van der Waals surface area (Å²) in [5.74, 6) is 0.186. The lowest BCUT2D eigenvalue weighted by atomic mass is 10.1. The van der Waals surface area contributed by atoms with Crippen molar-refractivity contribution in [3.63, 3.8) is 0 Å². The molecule has 2 saturated heterocycles. The fourth-order valence-electron chi connectivity index (χ4n) is 4.14. The van der Waals surface area contributed by atoms with E-state index >= 15 is 0 Å². The molecule has 31 heavy (non-hydrogen) atoms. The Hall–Kier alpha value is -2.22. The highest BCUT2D eigenvalue weighted by Crippen LogP contribution is 2.21. The third-order valence-electron chi connectivity index (χ3n) is 6.20. The van der Waals surface area contributed by atoms with Crippen LogP contribution >= 0.6 is 0 Å². The van der Waals surface area contributed by atoms with E-state index in [0.717, 1.165) is 37.5 Å². The average molecular weight is 441 g/mol. The first-order chi connectivity index (χ1) is 15.1. The molecule has 2 aromatic rings. The van der Waals surface area contributed by atoms with Crippen LogP contribution in [0, 0.1) is 0 Å². The van der Waals surface area contributed by atoms with Crippen LogP contribution in [0.3, 0.4) is 0 Å². The topological polar surface area (TPSA) is 47.1 Å². The van der Waals surface area contributed by atoms with Crippen molar-refractivity contribution in [2.24, 2.45) is 0 Å². The van der Waals surface area contributed by atoms with Gasteiger partial charge in [0.15, 0.2) is 0 Å². The number of carbonyl (C=O) groups is 1. The highest BCUT2D eigenvalue weighted by atomic mass is 32.2. The molecule has 0 radical (unpaired) electrons. The van der Waals surface area contributed by atoms with Gasteiger partial charge in [0.05, 0.1) is 4.90 Å². The summed E-state index contributed by atoms with van der Waals surface area (Å²) < 4.78 is 15.0. The molecule has 2 aliphatic heterocycles. The molecule has 0 saturated carbocycles. The maximum atomic E-state index is 13.0. The van der Waals surface area contributed by atoms with E-state index in [1.807, 2.05) is 39.5 Å². The summed E-state index contributed by atoms with van der Waals surface area (Å²) in [6, 6.07) is 18.3. The van der Waals surface area contributed by atoms with Gasteiger partial charge in [0, 0.05) is 64.5 Å². The Kier molecular flexibility index (Phi) is 7.37. The molecule has 1 unspecified atom stereocenters. The first-order valence-electron chi connectivity index (χ1n) is 11.1. The second kappa shape index (κ2) is 10.4. The Balaban J connectivity index is 1.25. The smallest absolute Gasteiger partial charge is 0.222 e. The summed E-state index contributed by atoms with van der Waals surface area (Å²) in [4.78, 5) is 20.0. The molecule has 0 aliphatic carbocycles. The van der Waals surface area contributed by atoms with E-state index in [-0.39, 0.29) is 5.91 Å². The number of carbonyl (C=O) groups excluding carboxylic acids is 1. The van der Waals surface area contributed by atoms with Gasteiger partial charge in [-0.15, -0.1) is 0 Å². The van der Waals surface area contributed by atoms with Crippen LogP contribution < -0.4 is 4.90 Å². The van der Waals surface area contributed by atoms with E-state index in [2.05, 4.69) is 41.1 Å². The minimum absolute atomic E-state index is 0.186. The molecule has 0 spiro atoms. The molecule has 7 heteroatoms. The summed E-state index contributed by atoms with van der Waals surface area (Å²) in [7, 11) is 0.971. The predicted molar refractivity (Wildman–Crippen MR) is 125 cm³/mol.